The maximum Gasteiger partial charge on any atom is 0.164 e. The first-order valence-corrected chi connectivity index (χ1v) is 24.9. The SMILES string of the molecule is c1ccc(-c2nc(-c3ccc4c(c3)sc3ccccc34)nc(-c3cccc4c5ccccc5c5cc(-n6c7ccccc7c7cc(-c8ccc9sc%10ccccc%10c9c8)ccc76)ccc5c34)n2)cc1. The van der Waals surface area contributed by atoms with Gasteiger partial charge in [0.15, 0.2) is 17.5 Å². The molecule has 4 heterocycles. The van der Waals surface area contributed by atoms with Gasteiger partial charge < -0.3 is 4.57 Å². The molecule has 15 rings (SSSR count). The first kappa shape index (κ1) is 38.5. The summed E-state index contributed by atoms with van der Waals surface area (Å²) in [4.78, 5) is 15.8. The lowest BCUT2D eigenvalue weighted by atomic mass is 9.91. The van der Waals surface area contributed by atoms with E-state index in [2.05, 4.69) is 205 Å². The zero-order valence-corrected chi connectivity index (χ0v) is 38.5. The minimum Gasteiger partial charge on any atom is -0.309 e. The smallest absolute Gasteiger partial charge is 0.164 e. The molecule has 0 amide bonds. The molecule has 0 N–H and O–H groups in total. The summed E-state index contributed by atoms with van der Waals surface area (Å²) < 4.78 is 7.56. The number of para-hydroxylation sites is 1. The van der Waals surface area contributed by atoms with E-state index in [0.29, 0.717) is 17.5 Å². The minimum absolute atomic E-state index is 0.645. The third-order valence-electron chi connectivity index (χ3n) is 14.0. The van der Waals surface area contributed by atoms with Crippen LogP contribution in [0.2, 0.25) is 0 Å². The van der Waals surface area contributed by atoms with Gasteiger partial charge in [-0.2, -0.15) is 0 Å². The van der Waals surface area contributed by atoms with E-state index in [-0.39, 0.29) is 0 Å². The number of nitrogens with zero attached hydrogens (tertiary/aromatic N) is 4. The summed E-state index contributed by atoms with van der Waals surface area (Å²) in [6, 6.07) is 79.3. The van der Waals surface area contributed by atoms with Crippen molar-refractivity contribution in [3.05, 3.63) is 218 Å². The molecule has 11 aromatic carbocycles. The van der Waals surface area contributed by atoms with E-state index in [9.17, 15) is 0 Å². The van der Waals surface area contributed by atoms with Gasteiger partial charge in [0.05, 0.1) is 11.0 Å². The number of hydrogen-bond acceptors (Lipinski definition) is 5. The fourth-order valence-corrected chi connectivity index (χ4v) is 13.1. The van der Waals surface area contributed by atoms with E-state index < -0.39 is 0 Å². The maximum atomic E-state index is 5.36. The topological polar surface area (TPSA) is 43.6 Å². The number of rotatable bonds is 5. The van der Waals surface area contributed by atoms with E-state index in [4.69, 9.17) is 15.0 Å². The van der Waals surface area contributed by atoms with Crippen LogP contribution < -0.4 is 0 Å². The van der Waals surface area contributed by atoms with E-state index in [1.807, 2.05) is 29.5 Å². The molecule has 0 bridgehead atoms. The summed E-state index contributed by atoms with van der Waals surface area (Å²) in [6.07, 6.45) is 0. The van der Waals surface area contributed by atoms with Crippen molar-refractivity contribution in [2.75, 3.05) is 0 Å². The number of benzene rings is 11. The van der Waals surface area contributed by atoms with Crippen LogP contribution in [-0.2, 0) is 0 Å². The Balaban J connectivity index is 0.929. The van der Waals surface area contributed by atoms with Gasteiger partial charge in [-0.1, -0.05) is 158 Å². The first-order valence-electron chi connectivity index (χ1n) is 23.2. The molecule has 0 aliphatic carbocycles. The Bertz CT molecular complexity index is 4620. The number of fused-ring (bicyclic) bond motifs is 15. The van der Waals surface area contributed by atoms with Crippen LogP contribution >= 0.6 is 22.7 Å². The van der Waals surface area contributed by atoms with Gasteiger partial charge in [-0.05, 0) is 98.7 Å². The van der Waals surface area contributed by atoms with Crippen LogP contribution in [0, 0.1) is 0 Å². The Morgan fingerprint density at radius 1 is 0.275 bits per heavy atom. The van der Waals surface area contributed by atoms with Crippen LogP contribution in [0.5, 0.6) is 0 Å². The van der Waals surface area contributed by atoms with Gasteiger partial charge in [-0.25, -0.2) is 15.0 Å². The molecule has 0 radical (unpaired) electrons. The highest BCUT2D eigenvalue weighted by Crippen LogP contribution is 2.44. The second-order valence-electron chi connectivity index (χ2n) is 17.9. The van der Waals surface area contributed by atoms with Gasteiger partial charge in [-0.15, -0.1) is 22.7 Å². The predicted octanol–water partition coefficient (Wildman–Crippen LogP) is 17.8. The Morgan fingerprint density at radius 3 is 1.62 bits per heavy atom. The van der Waals surface area contributed by atoms with Gasteiger partial charge in [-0.3, -0.25) is 0 Å². The molecular formula is C63H36N4S2. The first-order chi connectivity index (χ1) is 34.2. The highest BCUT2D eigenvalue weighted by molar-refractivity contribution is 7.26. The average molecular weight is 913 g/mol. The van der Waals surface area contributed by atoms with Crippen LogP contribution in [0.1, 0.15) is 0 Å². The van der Waals surface area contributed by atoms with Crippen LogP contribution in [0.15, 0.2) is 218 Å². The molecular weight excluding hydrogens is 877 g/mol. The largest absolute Gasteiger partial charge is 0.309 e. The molecule has 0 spiro atoms. The molecule has 0 unspecified atom stereocenters. The number of thiophene rings is 2. The van der Waals surface area contributed by atoms with Crippen molar-refractivity contribution < 1.29 is 0 Å². The Hall–Kier alpha value is -8.55. The molecule has 0 aliphatic rings. The fraction of sp³-hybridized carbons (Fsp3) is 0. The van der Waals surface area contributed by atoms with E-state index in [1.165, 1.54) is 89.4 Å². The molecule has 4 aromatic heterocycles. The summed E-state index contributed by atoms with van der Waals surface area (Å²) in [5, 5.41) is 14.6. The second-order valence-corrected chi connectivity index (χ2v) is 20.0. The van der Waals surface area contributed by atoms with Crippen molar-refractivity contribution in [2.45, 2.75) is 0 Å². The number of aromatic nitrogens is 4. The van der Waals surface area contributed by atoms with Crippen molar-refractivity contribution in [3.63, 3.8) is 0 Å². The molecule has 69 heavy (non-hydrogen) atoms. The molecule has 0 aliphatic heterocycles. The number of hydrogen-bond donors (Lipinski definition) is 0. The molecule has 0 saturated heterocycles. The molecule has 0 fully saturated rings. The second kappa shape index (κ2) is 15.0. The lowest BCUT2D eigenvalue weighted by Crippen LogP contribution is -2.01. The summed E-state index contributed by atoms with van der Waals surface area (Å²) in [5.74, 6) is 1.94. The lowest BCUT2D eigenvalue weighted by Gasteiger charge is -2.16. The highest BCUT2D eigenvalue weighted by Gasteiger charge is 2.20. The van der Waals surface area contributed by atoms with Crippen molar-refractivity contribution in [1.82, 2.24) is 19.5 Å². The van der Waals surface area contributed by atoms with Crippen molar-refractivity contribution in [2.24, 2.45) is 0 Å². The maximum absolute atomic E-state index is 5.36. The fourth-order valence-electron chi connectivity index (χ4n) is 10.9. The van der Waals surface area contributed by atoms with E-state index in [1.54, 1.807) is 11.3 Å². The van der Waals surface area contributed by atoms with Gasteiger partial charge in [0.2, 0.25) is 0 Å². The Morgan fingerprint density at radius 2 is 0.812 bits per heavy atom. The predicted molar refractivity (Wildman–Crippen MR) is 294 cm³/mol. The van der Waals surface area contributed by atoms with Gasteiger partial charge in [0, 0.05) is 78.9 Å². The normalized spacial score (nSPS) is 12.1. The van der Waals surface area contributed by atoms with Crippen molar-refractivity contribution in [3.8, 4) is 51.0 Å². The lowest BCUT2D eigenvalue weighted by molar-refractivity contribution is 1.08. The van der Waals surface area contributed by atoms with Crippen LogP contribution in [0.25, 0.3) is 145 Å². The van der Waals surface area contributed by atoms with Crippen LogP contribution in [0.3, 0.4) is 0 Å². The van der Waals surface area contributed by atoms with Gasteiger partial charge in [0.1, 0.15) is 0 Å². The Labute approximate surface area is 403 Å². The van der Waals surface area contributed by atoms with Crippen molar-refractivity contribution >= 4 is 117 Å². The monoisotopic (exact) mass is 912 g/mol. The van der Waals surface area contributed by atoms with Crippen LogP contribution in [0.4, 0.5) is 0 Å². The van der Waals surface area contributed by atoms with Gasteiger partial charge in [0.25, 0.3) is 0 Å². The van der Waals surface area contributed by atoms with Gasteiger partial charge >= 0.3 is 0 Å². The molecule has 15 aromatic rings. The minimum atomic E-state index is 0.645. The molecule has 6 heteroatoms. The Kier molecular flexibility index (Phi) is 8.37. The summed E-state index contributed by atoms with van der Waals surface area (Å²) in [5.41, 5.74) is 8.78. The molecule has 0 atom stereocenters. The molecule has 320 valence electrons. The average Bonchev–Trinajstić information content (AvgIpc) is 4.09. The highest BCUT2D eigenvalue weighted by atomic mass is 32.1. The zero-order valence-electron chi connectivity index (χ0n) is 36.9. The third-order valence-corrected chi connectivity index (χ3v) is 16.3. The van der Waals surface area contributed by atoms with Crippen LogP contribution in [-0.4, -0.2) is 19.5 Å². The van der Waals surface area contributed by atoms with E-state index in [0.717, 1.165) is 38.5 Å². The summed E-state index contributed by atoms with van der Waals surface area (Å²) in [6.45, 7) is 0. The third kappa shape index (κ3) is 5.96. The molecule has 4 nitrogen and oxygen atoms in total. The van der Waals surface area contributed by atoms with E-state index >= 15 is 0 Å². The van der Waals surface area contributed by atoms with Crippen molar-refractivity contribution in [1.29, 1.82) is 0 Å². The standard InChI is InChI=1S/C63H36N4S2/c1-2-13-37(14-3-1)61-64-62(40-25-29-47-45-18-7-10-23-56(45)69-59(47)35-40)66-63(65-61)50-21-12-20-48-42-15-4-5-16-43(42)51-36-41(28-30-49(51)60(48)50)67-54-22-9-6-17-44(54)52-33-38(26-31-55(52)67)39-27-32-58-53(34-39)46-19-8-11-24-57(46)68-58/h1-36H. The quantitative estimate of drug-likeness (QED) is 0.162. The summed E-state index contributed by atoms with van der Waals surface area (Å²) >= 11 is 3.66. The zero-order chi connectivity index (χ0) is 45.2. The summed E-state index contributed by atoms with van der Waals surface area (Å²) in [7, 11) is 0. The molecule has 0 saturated carbocycles.